The van der Waals surface area contributed by atoms with Crippen LogP contribution in [0.4, 0.5) is 0 Å². The normalized spacial score (nSPS) is 12.1. The molecule has 1 rings (SSSR count). The monoisotopic (exact) mass is 314 g/mol. The van der Waals surface area contributed by atoms with Gasteiger partial charge >= 0.3 is 0 Å². The highest BCUT2D eigenvalue weighted by Crippen LogP contribution is 2.28. The van der Waals surface area contributed by atoms with E-state index in [-0.39, 0.29) is 28.7 Å². The zero-order valence-electron chi connectivity index (χ0n) is 13.0. The second-order valence-corrected chi connectivity index (χ2v) is 7.57. The molecule has 0 fully saturated rings. The molecule has 1 aromatic rings. The van der Waals surface area contributed by atoms with Crippen LogP contribution in [0.5, 0.6) is 5.75 Å². The van der Waals surface area contributed by atoms with E-state index < -0.39 is 10.0 Å². The molecule has 118 valence electrons. The molecule has 0 aliphatic rings. The maximum absolute atomic E-state index is 11.8. The maximum atomic E-state index is 11.8. The highest BCUT2D eigenvalue weighted by Gasteiger charge is 2.20. The van der Waals surface area contributed by atoms with Gasteiger partial charge in [0.2, 0.25) is 10.0 Å². The Hall–Kier alpha value is -1.60. The number of nitrogens with two attached hydrogens (primary N) is 1. The Morgan fingerprint density at radius 1 is 1.29 bits per heavy atom. The van der Waals surface area contributed by atoms with E-state index in [0.717, 1.165) is 5.56 Å². The number of hydrogen-bond acceptors (Lipinski definition) is 4. The number of primary sulfonamides is 1. The predicted octanol–water partition coefficient (Wildman–Crippen LogP) is 1.24. The van der Waals surface area contributed by atoms with Gasteiger partial charge in [0.05, 0.1) is 0 Å². The average Bonchev–Trinajstić information content (AvgIpc) is 2.23. The molecule has 0 radical (unpaired) electrons. The van der Waals surface area contributed by atoms with Gasteiger partial charge in [0.1, 0.15) is 10.6 Å². The van der Waals surface area contributed by atoms with Crippen molar-refractivity contribution >= 4 is 15.9 Å². The van der Waals surface area contributed by atoms with Gasteiger partial charge in [0.15, 0.2) is 6.61 Å². The van der Waals surface area contributed by atoms with Gasteiger partial charge in [-0.3, -0.25) is 4.79 Å². The van der Waals surface area contributed by atoms with E-state index >= 15 is 0 Å². The molecule has 0 aliphatic carbocycles. The predicted molar refractivity (Wildman–Crippen MR) is 80.7 cm³/mol. The summed E-state index contributed by atoms with van der Waals surface area (Å²) in [6.45, 7) is 8.73. The van der Waals surface area contributed by atoms with Gasteiger partial charge in [-0.25, -0.2) is 13.6 Å². The SMILES string of the molecule is Cc1cc(C)c(OCC(=O)NC(C)(C)C)c(S(N)(=O)=O)c1. The first-order chi connectivity index (χ1) is 9.40. The Labute approximate surface area is 125 Å². The van der Waals surface area contributed by atoms with E-state index in [1.54, 1.807) is 19.9 Å². The molecule has 6 nitrogen and oxygen atoms in total. The minimum atomic E-state index is -3.92. The molecule has 0 saturated carbocycles. The van der Waals surface area contributed by atoms with Gasteiger partial charge < -0.3 is 10.1 Å². The minimum Gasteiger partial charge on any atom is -0.482 e. The Morgan fingerprint density at radius 2 is 1.86 bits per heavy atom. The second kappa shape index (κ2) is 6.03. The number of hydrogen-bond donors (Lipinski definition) is 2. The van der Waals surface area contributed by atoms with Crippen LogP contribution in [0.25, 0.3) is 0 Å². The molecule has 0 aliphatic heterocycles. The van der Waals surface area contributed by atoms with E-state index in [1.165, 1.54) is 6.07 Å². The Bertz CT molecular complexity index is 646. The molecular weight excluding hydrogens is 292 g/mol. The maximum Gasteiger partial charge on any atom is 0.258 e. The summed E-state index contributed by atoms with van der Waals surface area (Å²) in [5, 5.41) is 7.93. The highest BCUT2D eigenvalue weighted by atomic mass is 32.2. The summed E-state index contributed by atoms with van der Waals surface area (Å²) < 4.78 is 28.6. The second-order valence-electron chi connectivity index (χ2n) is 6.04. The average molecular weight is 314 g/mol. The summed E-state index contributed by atoms with van der Waals surface area (Å²) in [6.07, 6.45) is 0. The molecule has 21 heavy (non-hydrogen) atoms. The molecule has 0 unspecified atom stereocenters. The number of ether oxygens (including phenoxy) is 1. The van der Waals surface area contributed by atoms with Gasteiger partial charge in [-0.1, -0.05) is 6.07 Å². The van der Waals surface area contributed by atoms with Crippen LogP contribution in [0, 0.1) is 13.8 Å². The number of carbonyl (C=O) groups is 1. The van der Waals surface area contributed by atoms with Crippen LogP contribution in [-0.4, -0.2) is 26.5 Å². The summed E-state index contributed by atoms with van der Waals surface area (Å²) in [4.78, 5) is 11.6. The zero-order chi connectivity index (χ0) is 16.4. The number of nitrogens with one attached hydrogen (secondary N) is 1. The number of benzene rings is 1. The Balaban J connectivity index is 3.02. The fourth-order valence-electron chi connectivity index (χ4n) is 1.90. The van der Waals surface area contributed by atoms with Crippen molar-refractivity contribution in [1.29, 1.82) is 0 Å². The third kappa shape index (κ3) is 5.35. The molecular formula is C14H22N2O4S. The first-order valence-electron chi connectivity index (χ1n) is 6.48. The lowest BCUT2D eigenvalue weighted by Crippen LogP contribution is -2.43. The van der Waals surface area contributed by atoms with Crippen LogP contribution in [0.3, 0.4) is 0 Å². The van der Waals surface area contributed by atoms with E-state index in [2.05, 4.69) is 5.32 Å². The van der Waals surface area contributed by atoms with E-state index in [9.17, 15) is 13.2 Å². The number of aryl methyl sites for hydroxylation is 2. The molecule has 0 spiro atoms. The number of carbonyl (C=O) groups excluding carboxylic acids is 1. The fraction of sp³-hybridized carbons (Fsp3) is 0.500. The van der Waals surface area contributed by atoms with Crippen molar-refractivity contribution in [3.63, 3.8) is 0 Å². The van der Waals surface area contributed by atoms with Crippen molar-refractivity contribution in [1.82, 2.24) is 5.32 Å². The van der Waals surface area contributed by atoms with E-state index in [1.807, 2.05) is 20.8 Å². The lowest BCUT2D eigenvalue weighted by Gasteiger charge is -2.21. The highest BCUT2D eigenvalue weighted by molar-refractivity contribution is 7.89. The van der Waals surface area contributed by atoms with Gasteiger partial charge in [-0.2, -0.15) is 0 Å². The first kappa shape index (κ1) is 17.5. The number of amides is 1. The van der Waals surface area contributed by atoms with Crippen LogP contribution in [0.1, 0.15) is 31.9 Å². The van der Waals surface area contributed by atoms with Crippen molar-refractivity contribution in [2.24, 2.45) is 5.14 Å². The third-order valence-corrected chi connectivity index (χ3v) is 3.47. The quantitative estimate of drug-likeness (QED) is 0.873. The van der Waals surface area contributed by atoms with Gasteiger partial charge in [0.25, 0.3) is 5.91 Å². The van der Waals surface area contributed by atoms with Crippen LogP contribution in [0.2, 0.25) is 0 Å². The lowest BCUT2D eigenvalue weighted by molar-refractivity contribution is -0.124. The van der Waals surface area contributed by atoms with Gasteiger partial charge in [-0.15, -0.1) is 0 Å². The van der Waals surface area contributed by atoms with Crippen LogP contribution >= 0.6 is 0 Å². The summed E-state index contributed by atoms with van der Waals surface area (Å²) >= 11 is 0. The number of sulfonamides is 1. The van der Waals surface area contributed by atoms with Gasteiger partial charge in [0, 0.05) is 5.54 Å². The van der Waals surface area contributed by atoms with Crippen LogP contribution in [-0.2, 0) is 14.8 Å². The lowest BCUT2D eigenvalue weighted by atomic mass is 10.1. The smallest absolute Gasteiger partial charge is 0.258 e. The topological polar surface area (TPSA) is 98.5 Å². The van der Waals surface area contributed by atoms with E-state index in [0.29, 0.717) is 5.56 Å². The van der Waals surface area contributed by atoms with Crippen molar-refractivity contribution in [3.8, 4) is 5.75 Å². The molecule has 3 N–H and O–H groups in total. The van der Waals surface area contributed by atoms with Crippen molar-refractivity contribution in [2.45, 2.75) is 45.1 Å². The van der Waals surface area contributed by atoms with Crippen molar-refractivity contribution in [2.75, 3.05) is 6.61 Å². The number of rotatable bonds is 4. The largest absolute Gasteiger partial charge is 0.482 e. The summed E-state index contributed by atoms with van der Waals surface area (Å²) in [7, 11) is -3.92. The molecule has 0 aromatic heterocycles. The van der Waals surface area contributed by atoms with Crippen LogP contribution in [0.15, 0.2) is 17.0 Å². The molecule has 0 heterocycles. The molecule has 0 saturated heterocycles. The molecule has 0 bridgehead atoms. The molecule has 0 atom stereocenters. The molecule has 1 amide bonds. The van der Waals surface area contributed by atoms with Crippen molar-refractivity contribution in [3.05, 3.63) is 23.3 Å². The summed E-state index contributed by atoms with van der Waals surface area (Å²) in [5.74, 6) is -0.213. The van der Waals surface area contributed by atoms with E-state index in [4.69, 9.17) is 9.88 Å². The summed E-state index contributed by atoms with van der Waals surface area (Å²) in [6, 6.07) is 3.20. The van der Waals surface area contributed by atoms with Crippen LogP contribution < -0.4 is 15.2 Å². The molecule has 1 aromatic carbocycles. The zero-order valence-corrected chi connectivity index (χ0v) is 13.8. The first-order valence-corrected chi connectivity index (χ1v) is 8.02. The standard InChI is InChI=1S/C14H22N2O4S/c1-9-6-10(2)13(11(7-9)21(15,18)19)20-8-12(17)16-14(3,4)5/h6-7H,8H2,1-5H3,(H,16,17)(H2,15,18,19). The fourth-order valence-corrected chi connectivity index (χ4v) is 2.73. The molecule has 7 heteroatoms. The van der Waals surface area contributed by atoms with Gasteiger partial charge in [-0.05, 0) is 51.8 Å². The minimum absolute atomic E-state index is 0.108. The Morgan fingerprint density at radius 3 is 2.33 bits per heavy atom. The Kier molecular flexibility index (Phi) is 5.01. The summed E-state index contributed by atoms with van der Waals surface area (Å²) in [5.41, 5.74) is 0.983. The third-order valence-electron chi connectivity index (χ3n) is 2.55. The van der Waals surface area contributed by atoms with Crippen molar-refractivity contribution < 1.29 is 17.9 Å².